The van der Waals surface area contributed by atoms with E-state index in [4.69, 9.17) is 0 Å². The van der Waals surface area contributed by atoms with Gasteiger partial charge in [0, 0.05) is 0 Å². The van der Waals surface area contributed by atoms with E-state index in [-0.39, 0.29) is 23.6 Å². The first kappa shape index (κ1) is 14.4. The predicted molar refractivity (Wildman–Crippen MR) is 71.5 cm³/mol. The fraction of sp³-hybridized carbons (Fsp3) is 0.909. The molecule has 0 bridgehead atoms. The van der Waals surface area contributed by atoms with Gasteiger partial charge in [0.05, 0.1) is 23.6 Å². The van der Waals surface area contributed by atoms with Crippen LogP contribution >= 0.6 is 0 Å². The lowest BCUT2D eigenvalue weighted by molar-refractivity contribution is 0.394. The van der Waals surface area contributed by atoms with Crippen LogP contribution in [0.3, 0.4) is 0 Å². The molecule has 2 rings (SSSR count). The molecule has 0 saturated carbocycles. The topological polar surface area (TPSA) is 89.8 Å². The molecule has 0 aliphatic carbocycles. The Labute approximate surface area is 113 Å². The van der Waals surface area contributed by atoms with Crippen LogP contribution < -0.4 is 5.32 Å². The summed E-state index contributed by atoms with van der Waals surface area (Å²) < 4.78 is 25.1. The highest BCUT2D eigenvalue weighted by molar-refractivity contribution is 7.91. The Hall–Kier alpha value is -1.02. The molecule has 1 aromatic rings. The lowest BCUT2D eigenvalue weighted by atomic mass is 10.2. The standard InChI is InChI=1S/C11H21N5O2S/c1-3-6-12-9(2)11-13-14-15-16(11)10-5-4-7-19(17,18)8-10/h9-10,12H,3-8H2,1-2H3. The summed E-state index contributed by atoms with van der Waals surface area (Å²) in [7, 11) is -2.95. The first-order valence-electron chi connectivity index (χ1n) is 6.75. The minimum absolute atomic E-state index is 0.0274. The summed E-state index contributed by atoms with van der Waals surface area (Å²) in [6.45, 7) is 4.97. The molecule has 1 aliphatic rings. The van der Waals surface area contributed by atoms with Gasteiger partial charge in [0.15, 0.2) is 15.7 Å². The molecule has 1 aromatic heterocycles. The van der Waals surface area contributed by atoms with Gasteiger partial charge in [-0.1, -0.05) is 6.92 Å². The Morgan fingerprint density at radius 2 is 2.32 bits per heavy atom. The van der Waals surface area contributed by atoms with Crippen LogP contribution in [0.1, 0.15) is 51.0 Å². The molecular formula is C11H21N5O2S. The van der Waals surface area contributed by atoms with Gasteiger partial charge < -0.3 is 5.32 Å². The summed E-state index contributed by atoms with van der Waals surface area (Å²) in [4.78, 5) is 0. The first-order chi connectivity index (χ1) is 9.03. The molecule has 8 heteroatoms. The fourth-order valence-electron chi connectivity index (χ4n) is 2.39. The highest BCUT2D eigenvalue weighted by Crippen LogP contribution is 2.24. The van der Waals surface area contributed by atoms with Crippen LogP contribution in [0, 0.1) is 0 Å². The summed E-state index contributed by atoms with van der Waals surface area (Å²) in [5.41, 5.74) is 0. The van der Waals surface area contributed by atoms with E-state index in [2.05, 4.69) is 27.8 Å². The van der Waals surface area contributed by atoms with Crippen LogP contribution in [0.2, 0.25) is 0 Å². The second kappa shape index (κ2) is 5.96. The van der Waals surface area contributed by atoms with Crippen molar-refractivity contribution < 1.29 is 8.42 Å². The van der Waals surface area contributed by atoms with Crippen LogP contribution in [0.25, 0.3) is 0 Å². The van der Waals surface area contributed by atoms with E-state index < -0.39 is 9.84 Å². The van der Waals surface area contributed by atoms with Gasteiger partial charge in [0.25, 0.3) is 0 Å². The highest BCUT2D eigenvalue weighted by Gasteiger charge is 2.29. The second-order valence-corrected chi connectivity index (χ2v) is 7.30. The molecule has 2 heterocycles. The number of rotatable bonds is 5. The normalized spacial score (nSPS) is 24.2. The van der Waals surface area contributed by atoms with Crippen LogP contribution in [0.4, 0.5) is 0 Å². The number of hydrogen-bond acceptors (Lipinski definition) is 6. The third kappa shape index (κ3) is 3.50. The van der Waals surface area contributed by atoms with Crippen molar-refractivity contribution in [1.82, 2.24) is 25.5 Å². The molecule has 2 atom stereocenters. The number of aromatic nitrogens is 4. The van der Waals surface area contributed by atoms with Crippen LogP contribution in [-0.4, -0.2) is 46.7 Å². The van der Waals surface area contributed by atoms with E-state index in [1.807, 2.05) is 6.92 Å². The van der Waals surface area contributed by atoms with Gasteiger partial charge in [-0.05, 0) is 43.2 Å². The maximum atomic E-state index is 11.7. The number of hydrogen-bond donors (Lipinski definition) is 1. The van der Waals surface area contributed by atoms with Crippen molar-refractivity contribution in [2.24, 2.45) is 0 Å². The number of tetrazole rings is 1. The first-order valence-corrected chi connectivity index (χ1v) is 8.57. The van der Waals surface area contributed by atoms with E-state index in [0.29, 0.717) is 6.42 Å². The molecule has 1 N–H and O–H groups in total. The van der Waals surface area contributed by atoms with Gasteiger partial charge in [-0.2, -0.15) is 0 Å². The van der Waals surface area contributed by atoms with Crippen LogP contribution in [-0.2, 0) is 9.84 Å². The SMILES string of the molecule is CCCNC(C)c1nnnn1C1CCCS(=O)(=O)C1. The van der Waals surface area contributed by atoms with Gasteiger partial charge in [-0.3, -0.25) is 0 Å². The van der Waals surface area contributed by atoms with E-state index in [1.165, 1.54) is 0 Å². The quantitative estimate of drug-likeness (QED) is 0.847. The minimum Gasteiger partial charge on any atom is -0.307 e. The smallest absolute Gasteiger partial charge is 0.168 e. The average Bonchev–Trinajstić information content (AvgIpc) is 2.84. The van der Waals surface area contributed by atoms with E-state index in [1.54, 1.807) is 4.68 Å². The molecule has 0 radical (unpaired) electrons. The molecule has 0 amide bonds. The Morgan fingerprint density at radius 1 is 1.53 bits per heavy atom. The van der Waals surface area contributed by atoms with Gasteiger partial charge in [-0.15, -0.1) is 5.10 Å². The van der Waals surface area contributed by atoms with Gasteiger partial charge in [0.2, 0.25) is 0 Å². The second-order valence-electron chi connectivity index (χ2n) is 5.07. The maximum Gasteiger partial charge on any atom is 0.168 e. The molecular weight excluding hydrogens is 266 g/mol. The Balaban J connectivity index is 2.14. The average molecular weight is 287 g/mol. The lowest BCUT2D eigenvalue weighted by Gasteiger charge is -2.24. The highest BCUT2D eigenvalue weighted by atomic mass is 32.2. The number of sulfone groups is 1. The molecule has 0 aromatic carbocycles. The Kier molecular flexibility index (Phi) is 4.51. The van der Waals surface area contributed by atoms with Crippen molar-refractivity contribution >= 4 is 9.84 Å². The molecule has 0 spiro atoms. The Morgan fingerprint density at radius 3 is 3.00 bits per heavy atom. The summed E-state index contributed by atoms with van der Waals surface area (Å²) in [5, 5.41) is 15.0. The fourth-order valence-corrected chi connectivity index (χ4v) is 4.06. The summed E-state index contributed by atoms with van der Waals surface area (Å²) >= 11 is 0. The third-order valence-corrected chi connectivity index (χ3v) is 5.19. The zero-order chi connectivity index (χ0) is 13.9. The number of nitrogens with zero attached hydrogens (tertiary/aromatic N) is 4. The van der Waals surface area contributed by atoms with E-state index in [0.717, 1.165) is 25.2 Å². The monoisotopic (exact) mass is 287 g/mol. The summed E-state index contributed by atoms with van der Waals surface area (Å²) in [6, 6.07) is -0.103. The van der Waals surface area contributed by atoms with Crippen molar-refractivity contribution in [3.63, 3.8) is 0 Å². The molecule has 1 saturated heterocycles. The maximum absolute atomic E-state index is 11.7. The minimum atomic E-state index is -2.95. The summed E-state index contributed by atoms with van der Waals surface area (Å²) in [6.07, 6.45) is 2.53. The predicted octanol–water partition coefficient (Wildman–Crippen LogP) is 0.483. The Bertz CT molecular complexity index is 513. The molecule has 108 valence electrons. The van der Waals surface area contributed by atoms with Crippen molar-refractivity contribution in [1.29, 1.82) is 0 Å². The van der Waals surface area contributed by atoms with Crippen molar-refractivity contribution in [2.45, 2.75) is 45.2 Å². The number of nitrogens with one attached hydrogen (secondary N) is 1. The largest absolute Gasteiger partial charge is 0.307 e. The molecule has 1 aliphatic heterocycles. The van der Waals surface area contributed by atoms with Crippen LogP contribution in [0.15, 0.2) is 0 Å². The third-order valence-electron chi connectivity index (χ3n) is 3.39. The van der Waals surface area contributed by atoms with Gasteiger partial charge in [0.1, 0.15) is 0 Å². The molecule has 2 unspecified atom stereocenters. The van der Waals surface area contributed by atoms with Crippen LogP contribution in [0.5, 0.6) is 0 Å². The molecule has 7 nitrogen and oxygen atoms in total. The van der Waals surface area contributed by atoms with E-state index >= 15 is 0 Å². The lowest BCUT2D eigenvalue weighted by Crippen LogP contribution is -2.31. The molecule has 1 fully saturated rings. The van der Waals surface area contributed by atoms with E-state index in [9.17, 15) is 8.42 Å². The van der Waals surface area contributed by atoms with Crippen molar-refractivity contribution in [2.75, 3.05) is 18.1 Å². The van der Waals surface area contributed by atoms with Crippen molar-refractivity contribution in [3.05, 3.63) is 5.82 Å². The van der Waals surface area contributed by atoms with Gasteiger partial charge >= 0.3 is 0 Å². The molecule has 19 heavy (non-hydrogen) atoms. The zero-order valence-electron chi connectivity index (χ0n) is 11.4. The summed E-state index contributed by atoms with van der Waals surface area (Å²) in [5.74, 6) is 1.14. The van der Waals surface area contributed by atoms with Crippen molar-refractivity contribution in [3.8, 4) is 0 Å². The zero-order valence-corrected chi connectivity index (χ0v) is 12.2. The van der Waals surface area contributed by atoms with Gasteiger partial charge in [-0.25, -0.2) is 13.1 Å².